The van der Waals surface area contributed by atoms with Crippen molar-refractivity contribution in [1.82, 2.24) is 4.90 Å². The molecule has 2 atom stereocenters. The Morgan fingerprint density at radius 1 is 1.00 bits per heavy atom. The van der Waals surface area contributed by atoms with E-state index in [1.165, 1.54) is 0 Å². The molecule has 1 fully saturated rings. The lowest BCUT2D eigenvalue weighted by Gasteiger charge is -2.28. The maximum Gasteiger partial charge on any atom is 0.156 e. The molecule has 0 aliphatic carbocycles. The van der Waals surface area contributed by atoms with E-state index in [2.05, 4.69) is 18.7 Å². The lowest BCUT2D eigenvalue weighted by Crippen LogP contribution is -2.42. The Balaban J connectivity index is 1.62. The smallest absolute Gasteiger partial charge is 0.156 e. The first kappa shape index (κ1) is 27.4. The van der Waals surface area contributed by atoms with Gasteiger partial charge in [-0.1, -0.05) is 56.1 Å². The van der Waals surface area contributed by atoms with Gasteiger partial charge < -0.3 is 19.3 Å². The molecule has 0 bridgehead atoms. The summed E-state index contributed by atoms with van der Waals surface area (Å²) in [5.41, 5.74) is 1.73. The lowest BCUT2D eigenvalue weighted by molar-refractivity contribution is 0.00465. The monoisotopic (exact) mass is 529 g/mol. The fourth-order valence-corrected chi connectivity index (χ4v) is 4.48. The van der Waals surface area contributed by atoms with Crippen molar-refractivity contribution >= 4 is 34.8 Å². The van der Waals surface area contributed by atoms with E-state index in [1.807, 2.05) is 43.3 Å². The minimum Gasteiger partial charge on any atom is -0.491 e. The topological polar surface area (TPSA) is 51.2 Å². The van der Waals surface area contributed by atoms with Crippen LogP contribution in [0.15, 0.2) is 36.4 Å². The molecule has 1 aliphatic heterocycles. The summed E-state index contributed by atoms with van der Waals surface area (Å²) < 4.78 is 17.0. The Morgan fingerprint density at radius 3 is 2.21 bits per heavy atom. The van der Waals surface area contributed by atoms with Crippen molar-refractivity contribution in [2.75, 3.05) is 51.9 Å². The summed E-state index contributed by atoms with van der Waals surface area (Å²) >= 11 is 18.9. The van der Waals surface area contributed by atoms with E-state index in [9.17, 15) is 5.11 Å². The third kappa shape index (κ3) is 7.39. The summed E-state index contributed by atoms with van der Waals surface area (Å²) in [6.45, 7) is 10.6. The molecule has 1 aliphatic rings. The van der Waals surface area contributed by atoms with Crippen molar-refractivity contribution in [2.45, 2.75) is 32.3 Å². The molecule has 3 rings (SSSR count). The Morgan fingerprint density at radius 2 is 1.62 bits per heavy atom. The lowest BCUT2D eigenvalue weighted by atomic mass is 9.78. The number of aliphatic hydroxyl groups excluding tert-OH is 1. The quantitative estimate of drug-likeness (QED) is 0.381. The number of aliphatic hydroxyl groups is 1. The molecule has 0 aromatic heterocycles. The van der Waals surface area contributed by atoms with Crippen LogP contribution in [0.4, 0.5) is 0 Å². The van der Waals surface area contributed by atoms with Gasteiger partial charge in [-0.15, -0.1) is 11.6 Å². The van der Waals surface area contributed by atoms with Gasteiger partial charge in [-0.05, 0) is 35.4 Å². The van der Waals surface area contributed by atoms with Crippen LogP contribution in [0.5, 0.6) is 11.5 Å². The Hall–Kier alpha value is -1.21. The van der Waals surface area contributed by atoms with Gasteiger partial charge in [0.25, 0.3) is 0 Å². The molecule has 0 unspecified atom stereocenters. The van der Waals surface area contributed by atoms with Crippen LogP contribution in [0.2, 0.25) is 10.0 Å². The van der Waals surface area contributed by atoms with Gasteiger partial charge in [0.1, 0.15) is 18.5 Å². The highest BCUT2D eigenvalue weighted by Gasteiger charge is 2.26. The third-order valence-electron chi connectivity index (χ3n) is 6.09. The number of alkyl halides is 1. The number of hydrogen-bond acceptors (Lipinski definition) is 5. The van der Waals surface area contributed by atoms with Crippen molar-refractivity contribution in [3.05, 3.63) is 57.6 Å². The van der Waals surface area contributed by atoms with Crippen LogP contribution in [0.25, 0.3) is 0 Å². The van der Waals surface area contributed by atoms with Crippen LogP contribution < -0.4 is 9.47 Å². The van der Waals surface area contributed by atoms with Gasteiger partial charge in [0.05, 0.1) is 29.9 Å². The van der Waals surface area contributed by atoms with Gasteiger partial charge in [-0.25, -0.2) is 0 Å². The van der Waals surface area contributed by atoms with E-state index in [0.717, 1.165) is 24.2 Å². The molecule has 8 heteroatoms. The standard InChI is InChI=1S/C26H34Cl3NO4/c1-18(14-27)16-34-25-23(28)12-20(13-24(25)29)26(2,3)19-4-6-22(7-5-19)33-17-21(31)15-30-8-10-32-11-9-30/h4-7,12-13,18,21,31H,8-11,14-17H2,1-3H3/t18-,21+/m0/s1. The summed E-state index contributed by atoms with van der Waals surface area (Å²) in [5, 5.41) is 11.3. The van der Waals surface area contributed by atoms with Crippen molar-refractivity contribution in [3.63, 3.8) is 0 Å². The fourth-order valence-electron chi connectivity index (χ4n) is 3.79. The summed E-state index contributed by atoms with van der Waals surface area (Å²) in [5.74, 6) is 1.91. The average molecular weight is 531 g/mol. The van der Waals surface area contributed by atoms with Gasteiger partial charge in [-0.3, -0.25) is 4.90 Å². The molecule has 2 aromatic rings. The molecule has 34 heavy (non-hydrogen) atoms. The minimum atomic E-state index is -0.549. The molecule has 5 nitrogen and oxygen atoms in total. The third-order valence-corrected chi connectivity index (χ3v) is 7.17. The first-order chi connectivity index (χ1) is 16.2. The van der Waals surface area contributed by atoms with Crippen LogP contribution in [-0.2, 0) is 10.2 Å². The molecule has 0 spiro atoms. The van der Waals surface area contributed by atoms with E-state index in [-0.39, 0.29) is 17.9 Å². The molecule has 2 aromatic carbocycles. The van der Waals surface area contributed by atoms with Crippen molar-refractivity contribution in [1.29, 1.82) is 0 Å². The van der Waals surface area contributed by atoms with Crippen LogP contribution in [0.1, 0.15) is 31.9 Å². The Kier molecular flexibility index (Phi) is 10.2. The number of ether oxygens (including phenoxy) is 3. The molecule has 1 heterocycles. The summed E-state index contributed by atoms with van der Waals surface area (Å²) in [7, 11) is 0. The first-order valence-electron chi connectivity index (χ1n) is 11.6. The molecule has 0 saturated carbocycles. The highest BCUT2D eigenvalue weighted by molar-refractivity contribution is 6.37. The van der Waals surface area contributed by atoms with Crippen molar-refractivity contribution in [2.24, 2.45) is 5.92 Å². The zero-order chi connectivity index (χ0) is 24.7. The van der Waals surface area contributed by atoms with Gasteiger partial charge in [0, 0.05) is 36.8 Å². The molecule has 0 radical (unpaired) electrons. The van der Waals surface area contributed by atoms with Gasteiger partial charge in [-0.2, -0.15) is 0 Å². The van der Waals surface area contributed by atoms with Crippen LogP contribution in [0.3, 0.4) is 0 Å². The van der Waals surface area contributed by atoms with E-state index in [4.69, 9.17) is 49.0 Å². The second-order valence-corrected chi connectivity index (χ2v) is 10.5. The fraction of sp³-hybridized carbons (Fsp3) is 0.538. The van der Waals surface area contributed by atoms with E-state index in [1.54, 1.807) is 0 Å². The second kappa shape index (κ2) is 12.7. The van der Waals surface area contributed by atoms with Crippen molar-refractivity contribution in [3.8, 4) is 11.5 Å². The number of β-amino-alcohol motifs (C(OH)–C–C–N with tert-alkyl or cyclic N) is 1. The maximum atomic E-state index is 10.3. The number of morpholine rings is 1. The first-order valence-corrected chi connectivity index (χ1v) is 12.9. The minimum absolute atomic E-state index is 0.200. The number of hydrogen-bond donors (Lipinski definition) is 1. The largest absolute Gasteiger partial charge is 0.491 e. The highest BCUT2D eigenvalue weighted by atomic mass is 35.5. The van der Waals surface area contributed by atoms with Gasteiger partial charge in [0.15, 0.2) is 5.75 Å². The molecule has 1 saturated heterocycles. The average Bonchev–Trinajstić information content (AvgIpc) is 2.82. The van der Waals surface area contributed by atoms with Gasteiger partial charge >= 0.3 is 0 Å². The van der Waals surface area contributed by atoms with E-state index < -0.39 is 6.10 Å². The van der Waals surface area contributed by atoms with E-state index in [0.29, 0.717) is 53.8 Å². The zero-order valence-corrected chi connectivity index (χ0v) is 22.3. The molecular formula is C26H34Cl3NO4. The van der Waals surface area contributed by atoms with Crippen LogP contribution in [0, 0.1) is 5.92 Å². The van der Waals surface area contributed by atoms with E-state index >= 15 is 0 Å². The van der Waals surface area contributed by atoms with Crippen molar-refractivity contribution < 1.29 is 19.3 Å². The molecule has 0 amide bonds. The SMILES string of the molecule is C[C@@H](CCl)COc1c(Cl)cc(C(C)(C)c2ccc(OC[C@H](O)CN3CCOCC3)cc2)cc1Cl. The van der Waals surface area contributed by atoms with Crippen LogP contribution in [-0.4, -0.2) is 68.1 Å². The summed E-state index contributed by atoms with van der Waals surface area (Å²) in [6.07, 6.45) is -0.549. The van der Waals surface area contributed by atoms with Crippen LogP contribution >= 0.6 is 34.8 Å². The molecule has 188 valence electrons. The normalized spacial score (nSPS) is 16.8. The Labute approximate surface area is 217 Å². The number of rotatable bonds is 11. The number of nitrogens with zero attached hydrogens (tertiary/aromatic N) is 1. The number of halogens is 3. The Bertz CT molecular complexity index is 894. The van der Waals surface area contributed by atoms with Gasteiger partial charge in [0.2, 0.25) is 0 Å². The maximum absolute atomic E-state index is 10.3. The summed E-state index contributed by atoms with van der Waals surface area (Å²) in [4.78, 5) is 2.19. The molecule has 1 N–H and O–H groups in total. The molecular weight excluding hydrogens is 497 g/mol. The predicted molar refractivity (Wildman–Crippen MR) is 139 cm³/mol. The highest BCUT2D eigenvalue weighted by Crippen LogP contribution is 2.40. The zero-order valence-electron chi connectivity index (χ0n) is 20.0. The second-order valence-electron chi connectivity index (χ2n) is 9.37. The number of benzene rings is 2. The predicted octanol–water partition coefficient (Wildman–Crippen LogP) is 5.64. The summed E-state index contributed by atoms with van der Waals surface area (Å²) in [6, 6.07) is 11.7.